The number of nitrogens with zero attached hydrogens (tertiary/aromatic N) is 2. The fourth-order valence-corrected chi connectivity index (χ4v) is 1.38. The van der Waals surface area contributed by atoms with E-state index in [1.54, 1.807) is 6.20 Å². The average molecular weight is 209 g/mol. The van der Waals surface area contributed by atoms with Crippen molar-refractivity contribution in [3.63, 3.8) is 0 Å². The van der Waals surface area contributed by atoms with Crippen molar-refractivity contribution in [3.05, 3.63) is 24.4 Å². The van der Waals surface area contributed by atoms with Gasteiger partial charge in [-0.15, -0.1) is 0 Å². The van der Waals surface area contributed by atoms with Crippen LogP contribution in [0.15, 0.2) is 24.4 Å². The zero-order valence-electron chi connectivity index (χ0n) is 9.19. The normalized spacial score (nSPS) is 10.6. The fourth-order valence-electron chi connectivity index (χ4n) is 1.38. The van der Waals surface area contributed by atoms with E-state index in [-0.39, 0.29) is 6.61 Å². The van der Waals surface area contributed by atoms with Gasteiger partial charge in [-0.3, -0.25) is 4.90 Å². The standard InChI is InChI=1S/C11H19N3O/c1-2-14(9-10-15)8-7-13-11-5-3-4-6-12-11/h3-6,15H,2,7-10H2,1H3,(H,12,13). The summed E-state index contributed by atoms with van der Waals surface area (Å²) in [5.74, 6) is 0.901. The summed E-state index contributed by atoms with van der Waals surface area (Å²) in [5.41, 5.74) is 0. The predicted octanol–water partition coefficient (Wildman–Crippen LogP) is 0.808. The van der Waals surface area contributed by atoms with Crippen molar-refractivity contribution in [2.24, 2.45) is 0 Å². The minimum atomic E-state index is 0.220. The van der Waals surface area contributed by atoms with E-state index in [0.717, 1.165) is 32.0 Å². The van der Waals surface area contributed by atoms with E-state index in [0.29, 0.717) is 0 Å². The van der Waals surface area contributed by atoms with Gasteiger partial charge in [-0.2, -0.15) is 0 Å². The second-order valence-corrected chi connectivity index (χ2v) is 3.30. The molecule has 2 N–H and O–H groups in total. The summed E-state index contributed by atoms with van der Waals surface area (Å²) < 4.78 is 0. The molecule has 4 heteroatoms. The molecule has 0 unspecified atom stereocenters. The molecule has 1 aromatic rings. The lowest BCUT2D eigenvalue weighted by Crippen LogP contribution is -2.31. The molecule has 15 heavy (non-hydrogen) atoms. The maximum absolute atomic E-state index is 8.81. The van der Waals surface area contributed by atoms with E-state index in [9.17, 15) is 0 Å². The average Bonchev–Trinajstić information content (AvgIpc) is 2.29. The maximum Gasteiger partial charge on any atom is 0.125 e. The number of aliphatic hydroxyl groups excluding tert-OH is 1. The summed E-state index contributed by atoms with van der Waals surface area (Å²) in [6.45, 7) is 5.79. The number of pyridine rings is 1. The van der Waals surface area contributed by atoms with Crippen molar-refractivity contribution < 1.29 is 5.11 Å². The van der Waals surface area contributed by atoms with Crippen molar-refractivity contribution in [3.8, 4) is 0 Å². The van der Waals surface area contributed by atoms with E-state index >= 15 is 0 Å². The van der Waals surface area contributed by atoms with E-state index in [1.165, 1.54) is 0 Å². The summed E-state index contributed by atoms with van der Waals surface area (Å²) in [4.78, 5) is 6.36. The van der Waals surface area contributed by atoms with E-state index in [4.69, 9.17) is 5.11 Å². The van der Waals surface area contributed by atoms with Crippen LogP contribution in [0.1, 0.15) is 6.92 Å². The van der Waals surface area contributed by atoms with Crippen molar-refractivity contribution >= 4 is 5.82 Å². The largest absolute Gasteiger partial charge is 0.395 e. The summed E-state index contributed by atoms with van der Waals surface area (Å²) in [6.07, 6.45) is 1.77. The van der Waals surface area contributed by atoms with E-state index < -0.39 is 0 Å². The Morgan fingerprint density at radius 3 is 2.87 bits per heavy atom. The van der Waals surface area contributed by atoms with Gasteiger partial charge in [0.1, 0.15) is 5.82 Å². The molecule has 0 saturated heterocycles. The molecule has 0 radical (unpaired) electrons. The number of aromatic nitrogens is 1. The van der Waals surface area contributed by atoms with Gasteiger partial charge in [0, 0.05) is 25.8 Å². The van der Waals surface area contributed by atoms with Gasteiger partial charge in [-0.05, 0) is 18.7 Å². The van der Waals surface area contributed by atoms with Crippen LogP contribution in [-0.2, 0) is 0 Å². The summed E-state index contributed by atoms with van der Waals surface area (Å²) >= 11 is 0. The van der Waals surface area contributed by atoms with Gasteiger partial charge >= 0.3 is 0 Å². The third-order valence-electron chi connectivity index (χ3n) is 2.26. The number of nitrogens with one attached hydrogen (secondary N) is 1. The molecular weight excluding hydrogens is 190 g/mol. The lowest BCUT2D eigenvalue weighted by molar-refractivity contribution is 0.206. The summed E-state index contributed by atoms with van der Waals surface area (Å²) in [6, 6.07) is 5.80. The number of likely N-dealkylation sites (N-methyl/N-ethyl adjacent to an activating group) is 1. The lowest BCUT2D eigenvalue weighted by Gasteiger charge is -2.19. The molecule has 0 aliphatic heterocycles. The number of hydrogen-bond donors (Lipinski definition) is 2. The molecule has 0 bridgehead atoms. The summed E-state index contributed by atoms with van der Waals surface area (Å²) in [5, 5.41) is 12.0. The first kappa shape index (κ1) is 11.9. The molecule has 0 spiro atoms. The quantitative estimate of drug-likeness (QED) is 0.697. The highest BCUT2D eigenvalue weighted by Gasteiger charge is 2.00. The van der Waals surface area contributed by atoms with Crippen LogP contribution < -0.4 is 5.32 Å². The zero-order chi connectivity index (χ0) is 10.9. The van der Waals surface area contributed by atoms with Gasteiger partial charge in [0.05, 0.1) is 6.61 Å². The number of anilines is 1. The molecule has 1 rings (SSSR count). The second kappa shape index (κ2) is 7.20. The maximum atomic E-state index is 8.81. The number of hydrogen-bond acceptors (Lipinski definition) is 4. The molecule has 0 atom stereocenters. The van der Waals surface area contributed by atoms with Crippen molar-refractivity contribution in [2.45, 2.75) is 6.92 Å². The SMILES string of the molecule is CCN(CCO)CCNc1ccccn1. The third-order valence-corrected chi connectivity index (χ3v) is 2.26. The van der Waals surface area contributed by atoms with Gasteiger partial charge in [-0.1, -0.05) is 13.0 Å². The molecule has 0 aliphatic carbocycles. The van der Waals surface area contributed by atoms with Crippen LogP contribution >= 0.6 is 0 Å². The minimum Gasteiger partial charge on any atom is -0.395 e. The molecule has 1 aromatic heterocycles. The van der Waals surface area contributed by atoms with Crippen LogP contribution in [0.4, 0.5) is 5.82 Å². The predicted molar refractivity (Wildman–Crippen MR) is 61.9 cm³/mol. The van der Waals surface area contributed by atoms with Crippen LogP contribution in [0.3, 0.4) is 0 Å². The van der Waals surface area contributed by atoms with Crippen LogP contribution in [0.2, 0.25) is 0 Å². The van der Waals surface area contributed by atoms with Crippen molar-refractivity contribution in [1.29, 1.82) is 0 Å². The lowest BCUT2D eigenvalue weighted by atomic mass is 10.4. The Morgan fingerprint density at radius 2 is 2.27 bits per heavy atom. The third kappa shape index (κ3) is 4.76. The first-order chi connectivity index (χ1) is 7.36. The fraction of sp³-hybridized carbons (Fsp3) is 0.545. The Hall–Kier alpha value is -1.13. The Morgan fingerprint density at radius 1 is 1.40 bits per heavy atom. The van der Waals surface area contributed by atoms with Gasteiger partial charge in [0.2, 0.25) is 0 Å². The Bertz CT molecular complexity index is 253. The molecule has 0 amide bonds. The smallest absolute Gasteiger partial charge is 0.125 e. The monoisotopic (exact) mass is 209 g/mol. The molecular formula is C11H19N3O. The van der Waals surface area contributed by atoms with Crippen LogP contribution in [0, 0.1) is 0 Å². The molecule has 0 aromatic carbocycles. The Balaban J connectivity index is 2.20. The van der Waals surface area contributed by atoms with Crippen molar-refractivity contribution in [1.82, 2.24) is 9.88 Å². The van der Waals surface area contributed by atoms with Crippen LogP contribution in [0.25, 0.3) is 0 Å². The van der Waals surface area contributed by atoms with E-state index in [2.05, 4.69) is 22.1 Å². The molecule has 1 heterocycles. The van der Waals surface area contributed by atoms with Crippen LogP contribution in [0.5, 0.6) is 0 Å². The zero-order valence-corrected chi connectivity index (χ0v) is 9.19. The molecule has 0 aliphatic rings. The Kier molecular flexibility index (Phi) is 5.73. The molecule has 84 valence electrons. The highest BCUT2D eigenvalue weighted by Crippen LogP contribution is 1.98. The summed E-state index contributed by atoms with van der Waals surface area (Å²) in [7, 11) is 0. The highest BCUT2D eigenvalue weighted by atomic mass is 16.3. The topological polar surface area (TPSA) is 48.4 Å². The van der Waals surface area contributed by atoms with Gasteiger partial charge < -0.3 is 10.4 Å². The Labute approximate surface area is 90.9 Å². The molecule has 0 fully saturated rings. The number of aliphatic hydroxyl groups is 1. The van der Waals surface area contributed by atoms with Crippen LogP contribution in [-0.4, -0.2) is 47.8 Å². The van der Waals surface area contributed by atoms with Gasteiger partial charge in [0.15, 0.2) is 0 Å². The van der Waals surface area contributed by atoms with Gasteiger partial charge in [0.25, 0.3) is 0 Å². The highest BCUT2D eigenvalue weighted by molar-refractivity contribution is 5.32. The first-order valence-corrected chi connectivity index (χ1v) is 5.35. The van der Waals surface area contributed by atoms with E-state index in [1.807, 2.05) is 18.2 Å². The minimum absolute atomic E-state index is 0.220. The second-order valence-electron chi connectivity index (χ2n) is 3.30. The molecule has 4 nitrogen and oxygen atoms in total. The molecule has 0 saturated carbocycles. The van der Waals surface area contributed by atoms with Gasteiger partial charge in [-0.25, -0.2) is 4.98 Å². The number of rotatable bonds is 7. The van der Waals surface area contributed by atoms with Crippen molar-refractivity contribution in [2.75, 3.05) is 38.1 Å². The first-order valence-electron chi connectivity index (χ1n) is 5.35.